The molecule has 4 heteroatoms. The highest BCUT2D eigenvalue weighted by molar-refractivity contribution is 7.78. The molecule has 132 valence electrons. The maximum atomic E-state index is 14.2. The normalized spacial score (nSPS) is 9.85. The third-order valence-corrected chi connectivity index (χ3v) is 4.09. The highest BCUT2D eigenvalue weighted by atomic mass is 32.1. The first-order chi connectivity index (χ1) is 13.2. The number of halogens is 1. The third kappa shape index (κ3) is 4.95. The third-order valence-electron chi connectivity index (χ3n) is 4.00. The van der Waals surface area contributed by atoms with Crippen LogP contribution in [0.4, 0.5) is 10.1 Å². The predicted octanol–water partition coefficient (Wildman–Crippen LogP) is 5.97. The summed E-state index contributed by atoms with van der Waals surface area (Å²) in [6, 6.07) is 16.9. The molecule has 0 aliphatic rings. The van der Waals surface area contributed by atoms with Crippen LogP contribution in [0.2, 0.25) is 0 Å². The second kappa shape index (κ2) is 9.00. The molecule has 0 aliphatic carbocycles. The van der Waals surface area contributed by atoms with Gasteiger partial charge < -0.3 is 0 Å². The number of thiocarbonyl (C=S) groups is 1. The molecule has 0 fully saturated rings. The van der Waals surface area contributed by atoms with Crippen molar-refractivity contribution in [2.24, 2.45) is 4.99 Å². The topological polar surface area (TPSA) is 25.2 Å². The minimum atomic E-state index is -0.451. The number of nitrogens with zero attached hydrogens (tertiary/aromatic N) is 2. The van der Waals surface area contributed by atoms with E-state index in [1.807, 2.05) is 36.4 Å². The molecular weight excluding hydrogens is 355 g/mol. The van der Waals surface area contributed by atoms with E-state index >= 15 is 0 Å². The van der Waals surface area contributed by atoms with Crippen LogP contribution in [-0.4, -0.2) is 10.1 Å². The molecule has 0 spiro atoms. The van der Waals surface area contributed by atoms with Crippen molar-refractivity contribution in [3.63, 3.8) is 0 Å². The van der Waals surface area contributed by atoms with Crippen molar-refractivity contribution in [1.29, 1.82) is 0 Å². The molecule has 0 bridgehead atoms. The Morgan fingerprint density at radius 3 is 2.19 bits per heavy atom. The minimum Gasteiger partial charge on any atom is -0.251 e. The lowest BCUT2D eigenvalue weighted by atomic mass is 10.1. The molecule has 0 aliphatic heterocycles. The lowest BCUT2D eigenvalue weighted by molar-refractivity contribution is 0.626. The van der Waals surface area contributed by atoms with E-state index < -0.39 is 5.82 Å². The number of aromatic nitrogens is 1. The molecule has 3 rings (SSSR count). The summed E-state index contributed by atoms with van der Waals surface area (Å²) in [5, 5.41) is 2.20. The molecule has 1 heterocycles. The molecular formula is C23H17FN2S. The van der Waals surface area contributed by atoms with Gasteiger partial charge in [0.05, 0.1) is 17.0 Å². The summed E-state index contributed by atoms with van der Waals surface area (Å²) in [4.78, 5) is 7.85. The molecule has 0 N–H and O–H groups in total. The molecule has 0 atom stereocenters. The number of hydrogen-bond donors (Lipinski definition) is 0. The molecule has 1 aromatic heterocycles. The van der Waals surface area contributed by atoms with Crippen molar-refractivity contribution in [2.75, 3.05) is 0 Å². The summed E-state index contributed by atoms with van der Waals surface area (Å²) in [5.41, 5.74) is 4.45. The monoisotopic (exact) mass is 372 g/mol. The Labute approximate surface area is 163 Å². The van der Waals surface area contributed by atoms with Gasteiger partial charge in [-0.3, -0.25) is 4.98 Å². The van der Waals surface area contributed by atoms with Crippen LogP contribution >= 0.6 is 12.2 Å². The lowest BCUT2D eigenvalue weighted by Crippen LogP contribution is -1.89. The van der Waals surface area contributed by atoms with Crippen LogP contribution in [0.15, 0.2) is 65.8 Å². The highest BCUT2D eigenvalue weighted by Crippen LogP contribution is 2.23. The van der Waals surface area contributed by atoms with E-state index in [1.165, 1.54) is 17.8 Å². The first kappa shape index (κ1) is 18.7. The van der Waals surface area contributed by atoms with Crippen molar-refractivity contribution in [3.05, 3.63) is 83.3 Å². The first-order valence-corrected chi connectivity index (χ1v) is 9.05. The lowest BCUT2D eigenvalue weighted by Gasteiger charge is -2.03. The maximum Gasteiger partial charge on any atom is 0.151 e. The van der Waals surface area contributed by atoms with Crippen LogP contribution in [0, 0.1) is 17.7 Å². The van der Waals surface area contributed by atoms with E-state index in [2.05, 4.69) is 58.3 Å². The Hall–Kier alpha value is -3.12. The van der Waals surface area contributed by atoms with Gasteiger partial charge in [-0.25, -0.2) is 4.39 Å². The summed E-state index contributed by atoms with van der Waals surface area (Å²) in [6.07, 6.45) is 3.68. The second-order valence-corrected chi connectivity index (χ2v) is 6.18. The van der Waals surface area contributed by atoms with Crippen LogP contribution in [0.5, 0.6) is 0 Å². The number of aryl methyl sites for hydroxylation is 1. The number of hydrogen-bond acceptors (Lipinski definition) is 3. The number of isothiocyanates is 1. The van der Waals surface area contributed by atoms with Crippen LogP contribution in [0.3, 0.4) is 0 Å². The van der Waals surface area contributed by atoms with Crippen molar-refractivity contribution in [3.8, 4) is 23.1 Å². The molecule has 3 aromatic rings. The molecule has 0 saturated heterocycles. The van der Waals surface area contributed by atoms with Gasteiger partial charge in [-0.1, -0.05) is 49.5 Å². The number of pyridine rings is 1. The maximum absolute atomic E-state index is 14.2. The standard InChI is InChI=1S/C23H17FN2S/c1-2-3-17-4-6-18(7-5-17)8-9-19-10-12-20(13-11-19)23-22(24)14-21(15-25-23)26-16-27/h4-7,10-15H,2-3H2,1H3. The Morgan fingerprint density at radius 1 is 1.00 bits per heavy atom. The van der Waals surface area contributed by atoms with Gasteiger partial charge in [0.25, 0.3) is 0 Å². The van der Waals surface area contributed by atoms with Gasteiger partial charge in [0, 0.05) is 22.8 Å². The molecule has 0 unspecified atom stereocenters. The first-order valence-electron chi connectivity index (χ1n) is 8.64. The molecule has 0 radical (unpaired) electrons. The largest absolute Gasteiger partial charge is 0.251 e. The van der Waals surface area contributed by atoms with Crippen LogP contribution in [-0.2, 0) is 6.42 Å². The number of rotatable bonds is 4. The molecule has 0 amide bonds. The zero-order valence-electron chi connectivity index (χ0n) is 14.9. The quantitative estimate of drug-likeness (QED) is 0.320. The average Bonchev–Trinajstić information content (AvgIpc) is 2.69. The van der Waals surface area contributed by atoms with Gasteiger partial charge in [-0.2, -0.15) is 4.99 Å². The smallest absolute Gasteiger partial charge is 0.151 e. The van der Waals surface area contributed by atoms with E-state index in [0.717, 1.165) is 24.0 Å². The predicted molar refractivity (Wildman–Crippen MR) is 111 cm³/mol. The van der Waals surface area contributed by atoms with E-state index in [-0.39, 0.29) is 5.69 Å². The van der Waals surface area contributed by atoms with E-state index in [4.69, 9.17) is 0 Å². The number of aliphatic imine (C=N–C) groups is 1. The van der Waals surface area contributed by atoms with Crippen molar-refractivity contribution >= 4 is 23.1 Å². The van der Waals surface area contributed by atoms with Gasteiger partial charge >= 0.3 is 0 Å². The van der Waals surface area contributed by atoms with Crippen LogP contribution < -0.4 is 0 Å². The van der Waals surface area contributed by atoms with Crippen LogP contribution in [0.25, 0.3) is 11.3 Å². The van der Waals surface area contributed by atoms with E-state index in [1.54, 1.807) is 0 Å². The Kier molecular flexibility index (Phi) is 6.22. The van der Waals surface area contributed by atoms with Gasteiger partial charge in [0.1, 0.15) is 5.69 Å². The zero-order valence-corrected chi connectivity index (χ0v) is 15.7. The van der Waals surface area contributed by atoms with Gasteiger partial charge in [-0.15, -0.1) is 0 Å². The molecule has 2 nitrogen and oxygen atoms in total. The van der Waals surface area contributed by atoms with Gasteiger partial charge in [0.15, 0.2) is 5.82 Å². The Morgan fingerprint density at radius 2 is 1.63 bits per heavy atom. The number of benzene rings is 2. The summed E-state index contributed by atoms with van der Waals surface area (Å²) in [7, 11) is 0. The fourth-order valence-electron chi connectivity index (χ4n) is 2.65. The SMILES string of the molecule is CCCc1ccc(C#Cc2ccc(-c3ncc(N=C=S)cc3F)cc2)cc1. The van der Waals surface area contributed by atoms with Gasteiger partial charge in [0.2, 0.25) is 0 Å². The molecule has 27 heavy (non-hydrogen) atoms. The zero-order chi connectivity index (χ0) is 19.1. The van der Waals surface area contributed by atoms with E-state index in [9.17, 15) is 4.39 Å². The summed E-state index contributed by atoms with van der Waals surface area (Å²) < 4.78 is 14.2. The highest BCUT2D eigenvalue weighted by Gasteiger charge is 2.07. The second-order valence-electron chi connectivity index (χ2n) is 6.00. The molecule has 0 saturated carbocycles. The Bertz CT molecular complexity index is 1040. The van der Waals surface area contributed by atoms with Crippen molar-refractivity contribution in [1.82, 2.24) is 4.98 Å². The summed E-state index contributed by atoms with van der Waals surface area (Å²) >= 11 is 4.52. The van der Waals surface area contributed by atoms with Crippen molar-refractivity contribution < 1.29 is 4.39 Å². The summed E-state index contributed by atoms with van der Waals surface area (Å²) in [5.74, 6) is 5.83. The fourth-order valence-corrected chi connectivity index (χ4v) is 2.76. The molecule has 2 aromatic carbocycles. The summed E-state index contributed by atoms with van der Waals surface area (Å²) in [6.45, 7) is 2.17. The minimum absolute atomic E-state index is 0.268. The Balaban J connectivity index is 1.77. The van der Waals surface area contributed by atoms with Crippen LogP contribution in [0.1, 0.15) is 30.0 Å². The van der Waals surface area contributed by atoms with Gasteiger partial charge in [-0.05, 0) is 48.5 Å². The fraction of sp³-hybridized carbons (Fsp3) is 0.130. The average molecular weight is 372 g/mol. The van der Waals surface area contributed by atoms with E-state index in [0.29, 0.717) is 11.3 Å². The van der Waals surface area contributed by atoms with Crippen molar-refractivity contribution in [2.45, 2.75) is 19.8 Å².